The van der Waals surface area contributed by atoms with Crippen molar-refractivity contribution in [2.24, 2.45) is 5.73 Å². The first-order valence-corrected chi connectivity index (χ1v) is 6.17. The number of rotatable bonds is 7. The van der Waals surface area contributed by atoms with Crippen LogP contribution in [0.4, 0.5) is 5.95 Å². The Hall–Kier alpha value is -1.27. The summed E-state index contributed by atoms with van der Waals surface area (Å²) in [6.07, 6.45) is 1.65. The van der Waals surface area contributed by atoms with E-state index in [0.29, 0.717) is 16.6 Å². The van der Waals surface area contributed by atoms with Crippen LogP contribution in [0.25, 0.3) is 0 Å². The van der Waals surface area contributed by atoms with E-state index in [-0.39, 0.29) is 0 Å². The van der Waals surface area contributed by atoms with Gasteiger partial charge in [-0.15, -0.1) is 0 Å². The standard InChI is InChI=1S/C11H19N5S/c1-3-16(4-2)8-7-14-11-13-6-5-9(15-11)10(12)17/h5-6H,3-4,7-8H2,1-2H3,(H2,12,17)(H,13,14,15). The van der Waals surface area contributed by atoms with Gasteiger partial charge in [0, 0.05) is 19.3 Å². The Morgan fingerprint density at radius 2 is 2.18 bits per heavy atom. The van der Waals surface area contributed by atoms with Crippen molar-refractivity contribution in [2.45, 2.75) is 13.8 Å². The lowest BCUT2D eigenvalue weighted by Crippen LogP contribution is -2.29. The molecule has 0 aromatic carbocycles. The second-order valence-corrected chi connectivity index (χ2v) is 4.02. The first-order valence-electron chi connectivity index (χ1n) is 5.76. The predicted octanol–water partition coefficient (Wildman–Crippen LogP) is 0.864. The van der Waals surface area contributed by atoms with E-state index in [4.69, 9.17) is 18.0 Å². The minimum atomic E-state index is 0.291. The fourth-order valence-electron chi connectivity index (χ4n) is 1.45. The molecule has 5 nitrogen and oxygen atoms in total. The van der Waals surface area contributed by atoms with Gasteiger partial charge in [-0.05, 0) is 19.2 Å². The van der Waals surface area contributed by atoms with E-state index >= 15 is 0 Å². The molecule has 1 rings (SSSR count). The number of anilines is 1. The first-order chi connectivity index (χ1) is 8.17. The molecule has 94 valence electrons. The zero-order chi connectivity index (χ0) is 12.7. The topological polar surface area (TPSA) is 67.1 Å². The Morgan fingerprint density at radius 1 is 1.47 bits per heavy atom. The average molecular weight is 253 g/mol. The molecule has 3 N–H and O–H groups in total. The second kappa shape index (κ2) is 7.13. The van der Waals surface area contributed by atoms with Crippen LogP contribution in [0, 0.1) is 0 Å². The van der Waals surface area contributed by atoms with Crippen molar-refractivity contribution in [3.63, 3.8) is 0 Å². The fourth-order valence-corrected chi connectivity index (χ4v) is 1.56. The van der Waals surface area contributed by atoms with Crippen LogP contribution in [0.2, 0.25) is 0 Å². The third-order valence-corrected chi connectivity index (χ3v) is 2.72. The summed E-state index contributed by atoms with van der Waals surface area (Å²) < 4.78 is 0. The van der Waals surface area contributed by atoms with E-state index in [1.807, 2.05) is 0 Å². The van der Waals surface area contributed by atoms with E-state index in [2.05, 4.69) is 34.0 Å². The number of aromatic nitrogens is 2. The van der Waals surface area contributed by atoms with Gasteiger partial charge in [0.2, 0.25) is 5.95 Å². The fraction of sp³-hybridized carbons (Fsp3) is 0.545. The monoisotopic (exact) mass is 253 g/mol. The third kappa shape index (κ3) is 4.62. The average Bonchev–Trinajstić information content (AvgIpc) is 2.35. The summed E-state index contributed by atoms with van der Waals surface area (Å²) in [5.74, 6) is 0.572. The molecule has 0 fully saturated rings. The van der Waals surface area contributed by atoms with E-state index < -0.39 is 0 Å². The van der Waals surface area contributed by atoms with Gasteiger partial charge in [-0.25, -0.2) is 9.97 Å². The summed E-state index contributed by atoms with van der Waals surface area (Å²) >= 11 is 4.86. The highest BCUT2D eigenvalue weighted by molar-refractivity contribution is 7.80. The summed E-state index contributed by atoms with van der Waals surface area (Å²) in [5.41, 5.74) is 6.11. The molecule has 6 heteroatoms. The molecule has 17 heavy (non-hydrogen) atoms. The quantitative estimate of drug-likeness (QED) is 0.703. The molecule has 0 bridgehead atoms. The zero-order valence-corrected chi connectivity index (χ0v) is 11.1. The lowest BCUT2D eigenvalue weighted by atomic mass is 10.4. The maximum absolute atomic E-state index is 5.51. The number of thiocarbonyl (C=S) groups is 1. The zero-order valence-electron chi connectivity index (χ0n) is 10.3. The molecule has 0 saturated heterocycles. The molecule has 0 atom stereocenters. The van der Waals surface area contributed by atoms with Crippen LogP contribution in [0.3, 0.4) is 0 Å². The maximum Gasteiger partial charge on any atom is 0.223 e. The molecular weight excluding hydrogens is 234 g/mol. The van der Waals surface area contributed by atoms with E-state index in [9.17, 15) is 0 Å². The van der Waals surface area contributed by atoms with Crippen molar-refractivity contribution >= 4 is 23.2 Å². The highest BCUT2D eigenvalue weighted by Crippen LogP contribution is 2.00. The van der Waals surface area contributed by atoms with Crippen LogP contribution < -0.4 is 11.1 Å². The van der Waals surface area contributed by atoms with Gasteiger partial charge in [0.25, 0.3) is 0 Å². The smallest absolute Gasteiger partial charge is 0.223 e. The molecule has 0 spiro atoms. The number of likely N-dealkylation sites (N-methyl/N-ethyl adjacent to an activating group) is 1. The Kier molecular flexibility index (Phi) is 5.79. The SMILES string of the molecule is CCN(CC)CCNc1nccc(C(N)=S)n1. The number of hydrogen-bond donors (Lipinski definition) is 2. The number of hydrogen-bond acceptors (Lipinski definition) is 5. The van der Waals surface area contributed by atoms with Gasteiger partial charge in [0.1, 0.15) is 10.7 Å². The molecule has 0 saturated carbocycles. The van der Waals surface area contributed by atoms with Crippen molar-refractivity contribution in [1.29, 1.82) is 0 Å². The Balaban J connectivity index is 2.46. The molecule has 1 aromatic rings. The summed E-state index contributed by atoms with van der Waals surface area (Å²) in [7, 11) is 0. The molecular formula is C11H19N5S. The predicted molar refractivity (Wildman–Crippen MR) is 74.2 cm³/mol. The minimum absolute atomic E-state index is 0.291. The minimum Gasteiger partial charge on any atom is -0.388 e. The van der Waals surface area contributed by atoms with E-state index in [0.717, 1.165) is 26.2 Å². The van der Waals surface area contributed by atoms with Crippen LogP contribution in [-0.2, 0) is 0 Å². The highest BCUT2D eigenvalue weighted by atomic mass is 32.1. The molecule has 0 radical (unpaired) electrons. The Morgan fingerprint density at radius 3 is 2.76 bits per heavy atom. The second-order valence-electron chi connectivity index (χ2n) is 3.58. The normalized spacial score (nSPS) is 10.5. The lowest BCUT2D eigenvalue weighted by molar-refractivity contribution is 0.316. The molecule has 1 aromatic heterocycles. The molecule has 0 aliphatic rings. The van der Waals surface area contributed by atoms with Gasteiger partial charge >= 0.3 is 0 Å². The van der Waals surface area contributed by atoms with Crippen molar-refractivity contribution in [1.82, 2.24) is 14.9 Å². The Labute approximate surface area is 107 Å². The van der Waals surface area contributed by atoms with Crippen LogP contribution in [0.1, 0.15) is 19.5 Å². The van der Waals surface area contributed by atoms with Crippen molar-refractivity contribution in [3.8, 4) is 0 Å². The van der Waals surface area contributed by atoms with E-state index in [1.54, 1.807) is 12.3 Å². The number of nitrogens with one attached hydrogen (secondary N) is 1. The van der Waals surface area contributed by atoms with Crippen LogP contribution in [-0.4, -0.2) is 46.0 Å². The van der Waals surface area contributed by atoms with Gasteiger partial charge in [-0.2, -0.15) is 0 Å². The molecule has 0 aliphatic carbocycles. The number of nitrogens with zero attached hydrogens (tertiary/aromatic N) is 3. The van der Waals surface area contributed by atoms with Gasteiger partial charge in [-0.1, -0.05) is 26.1 Å². The summed E-state index contributed by atoms with van der Waals surface area (Å²) in [4.78, 5) is 10.9. The third-order valence-electron chi connectivity index (χ3n) is 2.51. The van der Waals surface area contributed by atoms with Gasteiger partial charge in [0.15, 0.2) is 0 Å². The molecule has 0 aliphatic heterocycles. The molecule has 0 unspecified atom stereocenters. The molecule has 0 amide bonds. The Bertz CT molecular complexity index is 365. The lowest BCUT2D eigenvalue weighted by Gasteiger charge is -2.17. The van der Waals surface area contributed by atoms with Crippen molar-refractivity contribution in [2.75, 3.05) is 31.5 Å². The highest BCUT2D eigenvalue weighted by Gasteiger charge is 2.02. The summed E-state index contributed by atoms with van der Waals surface area (Å²) in [6, 6.07) is 1.71. The van der Waals surface area contributed by atoms with Crippen LogP contribution in [0.15, 0.2) is 12.3 Å². The van der Waals surface area contributed by atoms with Crippen LogP contribution in [0.5, 0.6) is 0 Å². The maximum atomic E-state index is 5.51. The summed E-state index contributed by atoms with van der Waals surface area (Å²) in [5, 5.41) is 3.16. The number of nitrogens with two attached hydrogens (primary N) is 1. The molecule has 1 heterocycles. The van der Waals surface area contributed by atoms with Crippen molar-refractivity contribution in [3.05, 3.63) is 18.0 Å². The summed E-state index contributed by atoms with van der Waals surface area (Å²) in [6.45, 7) is 8.16. The van der Waals surface area contributed by atoms with Gasteiger partial charge in [0.05, 0.1) is 0 Å². The van der Waals surface area contributed by atoms with Gasteiger partial charge in [-0.3, -0.25) is 0 Å². The van der Waals surface area contributed by atoms with Crippen molar-refractivity contribution < 1.29 is 0 Å². The van der Waals surface area contributed by atoms with Gasteiger partial charge < -0.3 is 16.0 Å². The van der Waals surface area contributed by atoms with Crippen LogP contribution >= 0.6 is 12.2 Å². The first kappa shape index (κ1) is 13.8. The largest absolute Gasteiger partial charge is 0.388 e. The van der Waals surface area contributed by atoms with E-state index in [1.165, 1.54) is 0 Å².